The Morgan fingerprint density at radius 3 is 2.83 bits per heavy atom. The van der Waals surface area contributed by atoms with Crippen LogP contribution in [0.5, 0.6) is 0 Å². The van der Waals surface area contributed by atoms with Gasteiger partial charge in [-0.05, 0) is 12.1 Å². The third-order valence-electron chi connectivity index (χ3n) is 4.07. The normalized spacial score (nSPS) is 15.9. The molecule has 3 rings (SSSR count). The number of aliphatic hydroxyl groups is 1. The van der Waals surface area contributed by atoms with Crippen molar-refractivity contribution in [3.63, 3.8) is 0 Å². The molecular formula is C17H24N4O2S. The van der Waals surface area contributed by atoms with Crippen LogP contribution < -0.4 is 0 Å². The fourth-order valence-corrected chi connectivity index (χ4v) is 3.66. The van der Waals surface area contributed by atoms with E-state index in [1.807, 2.05) is 24.4 Å². The van der Waals surface area contributed by atoms with Crippen molar-refractivity contribution in [2.45, 2.75) is 6.54 Å². The minimum atomic E-state index is 0.176. The van der Waals surface area contributed by atoms with Gasteiger partial charge in [0.1, 0.15) is 5.01 Å². The lowest BCUT2D eigenvalue weighted by Crippen LogP contribution is -2.41. The van der Waals surface area contributed by atoms with Gasteiger partial charge >= 0.3 is 0 Å². The standard InChI is InChI=1S/C17H24N4O2S/c22-10-7-21(6-5-20-8-11-23-12-9-20)14-15-13-19-17(24-15)16-3-1-2-4-18-16/h1-4,13,22H,5-12,14H2. The van der Waals surface area contributed by atoms with E-state index >= 15 is 0 Å². The van der Waals surface area contributed by atoms with Crippen molar-refractivity contribution in [2.75, 3.05) is 52.5 Å². The van der Waals surface area contributed by atoms with E-state index in [0.717, 1.165) is 56.6 Å². The predicted molar refractivity (Wildman–Crippen MR) is 95.0 cm³/mol. The molecule has 24 heavy (non-hydrogen) atoms. The molecule has 0 aliphatic carbocycles. The number of hydrogen-bond donors (Lipinski definition) is 1. The number of aromatic nitrogens is 2. The van der Waals surface area contributed by atoms with Gasteiger partial charge in [-0.1, -0.05) is 6.07 Å². The van der Waals surface area contributed by atoms with Crippen LogP contribution >= 0.6 is 11.3 Å². The SMILES string of the molecule is OCCN(CCN1CCOCC1)Cc1cnc(-c2ccccn2)s1. The van der Waals surface area contributed by atoms with E-state index in [1.165, 1.54) is 4.88 Å². The summed E-state index contributed by atoms with van der Waals surface area (Å²) < 4.78 is 5.39. The van der Waals surface area contributed by atoms with Crippen LogP contribution in [-0.2, 0) is 11.3 Å². The molecule has 0 bridgehead atoms. The minimum absolute atomic E-state index is 0.176. The molecule has 2 aromatic heterocycles. The smallest absolute Gasteiger partial charge is 0.142 e. The Morgan fingerprint density at radius 2 is 2.08 bits per heavy atom. The van der Waals surface area contributed by atoms with E-state index in [9.17, 15) is 5.11 Å². The number of aliphatic hydroxyl groups excluding tert-OH is 1. The quantitative estimate of drug-likeness (QED) is 0.777. The number of morpholine rings is 1. The molecule has 0 atom stereocenters. The lowest BCUT2D eigenvalue weighted by Gasteiger charge is -2.29. The molecule has 3 heterocycles. The maximum atomic E-state index is 9.34. The van der Waals surface area contributed by atoms with Gasteiger partial charge in [-0.25, -0.2) is 4.98 Å². The average molecular weight is 348 g/mol. The van der Waals surface area contributed by atoms with Gasteiger partial charge in [-0.3, -0.25) is 14.8 Å². The molecule has 2 aromatic rings. The molecule has 0 spiro atoms. The Bertz CT molecular complexity index is 602. The number of nitrogens with zero attached hydrogens (tertiary/aromatic N) is 4. The van der Waals surface area contributed by atoms with Gasteiger partial charge in [0.05, 0.1) is 25.5 Å². The van der Waals surface area contributed by atoms with Crippen LogP contribution in [0, 0.1) is 0 Å². The Hall–Kier alpha value is -1.38. The molecule has 130 valence electrons. The first-order chi connectivity index (χ1) is 11.8. The molecular weight excluding hydrogens is 324 g/mol. The second-order valence-electron chi connectivity index (χ2n) is 5.80. The lowest BCUT2D eigenvalue weighted by atomic mass is 10.3. The van der Waals surface area contributed by atoms with Crippen LogP contribution in [0.15, 0.2) is 30.6 Å². The van der Waals surface area contributed by atoms with Gasteiger partial charge in [0, 0.05) is 56.5 Å². The van der Waals surface area contributed by atoms with Crippen molar-refractivity contribution in [2.24, 2.45) is 0 Å². The summed E-state index contributed by atoms with van der Waals surface area (Å²) in [6.45, 7) is 7.26. The Morgan fingerprint density at radius 1 is 1.21 bits per heavy atom. The van der Waals surface area contributed by atoms with Crippen molar-refractivity contribution in [1.29, 1.82) is 0 Å². The largest absolute Gasteiger partial charge is 0.395 e. The molecule has 0 aromatic carbocycles. The van der Waals surface area contributed by atoms with E-state index in [1.54, 1.807) is 17.5 Å². The second kappa shape index (κ2) is 9.19. The fourth-order valence-electron chi connectivity index (χ4n) is 2.73. The zero-order valence-corrected chi connectivity index (χ0v) is 14.6. The predicted octanol–water partition coefficient (Wildman–Crippen LogP) is 1.33. The number of thiazole rings is 1. The summed E-state index contributed by atoms with van der Waals surface area (Å²) in [6.07, 6.45) is 3.71. The summed E-state index contributed by atoms with van der Waals surface area (Å²) in [6, 6.07) is 5.86. The third-order valence-corrected chi connectivity index (χ3v) is 5.07. The topological polar surface area (TPSA) is 61.7 Å². The van der Waals surface area contributed by atoms with Gasteiger partial charge in [-0.2, -0.15) is 0 Å². The first kappa shape index (κ1) is 17.4. The molecule has 1 fully saturated rings. The summed E-state index contributed by atoms with van der Waals surface area (Å²) >= 11 is 1.67. The molecule has 0 saturated carbocycles. The van der Waals surface area contributed by atoms with Crippen LogP contribution in [0.3, 0.4) is 0 Å². The van der Waals surface area contributed by atoms with E-state index in [4.69, 9.17) is 4.74 Å². The summed E-state index contributed by atoms with van der Waals surface area (Å²) in [5.74, 6) is 0. The summed E-state index contributed by atoms with van der Waals surface area (Å²) in [5.41, 5.74) is 0.913. The van der Waals surface area contributed by atoms with E-state index in [-0.39, 0.29) is 6.61 Å². The van der Waals surface area contributed by atoms with Gasteiger partial charge in [0.2, 0.25) is 0 Å². The zero-order valence-electron chi connectivity index (χ0n) is 13.8. The highest BCUT2D eigenvalue weighted by Gasteiger charge is 2.14. The van der Waals surface area contributed by atoms with Crippen LogP contribution in [0.2, 0.25) is 0 Å². The molecule has 7 heteroatoms. The van der Waals surface area contributed by atoms with E-state index < -0.39 is 0 Å². The number of hydrogen-bond acceptors (Lipinski definition) is 7. The highest BCUT2D eigenvalue weighted by atomic mass is 32.1. The molecule has 1 saturated heterocycles. The summed E-state index contributed by atoms with van der Waals surface area (Å²) in [4.78, 5) is 14.7. The Labute approximate surface area is 146 Å². The molecule has 6 nitrogen and oxygen atoms in total. The van der Waals surface area contributed by atoms with Crippen LogP contribution in [0.4, 0.5) is 0 Å². The molecule has 1 N–H and O–H groups in total. The summed E-state index contributed by atoms with van der Waals surface area (Å²) in [7, 11) is 0. The number of rotatable bonds is 8. The highest BCUT2D eigenvalue weighted by Crippen LogP contribution is 2.24. The Kier molecular flexibility index (Phi) is 6.68. The van der Waals surface area contributed by atoms with Gasteiger partial charge in [0.15, 0.2) is 0 Å². The molecule has 0 amide bonds. The third kappa shape index (κ3) is 5.06. The van der Waals surface area contributed by atoms with Crippen LogP contribution in [0.25, 0.3) is 10.7 Å². The molecule has 0 unspecified atom stereocenters. The second-order valence-corrected chi connectivity index (χ2v) is 6.92. The maximum absolute atomic E-state index is 9.34. The molecule has 0 radical (unpaired) electrons. The van der Waals surface area contributed by atoms with Crippen molar-refractivity contribution in [3.05, 3.63) is 35.5 Å². The highest BCUT2D eigenvalue weighted by molar-refractivity contribution is 7.14. The lowest BCUT2D eigenvalue weighted by molar-refractivity contribution is 0.0321. The first-order valence-corrected chi connectivity index (χ1v) is 9.16. The molecule has 1 aliphatic heterocycles. The van der Waals surface area contributed by atoms with Crippen molar-refractivity contribution in [1.82, 2.24) is 19.8 Å². The van der Waals surface area contributed by atoms with Crippen molar-refractivity contribution in [3.8, 4) is 10.7 Å². The van der Waals surface area contributed by atoms with Crippen molar-refractivity contribution < 1.29 is 9.84 Å². The number of pyridine rings is 1. The van der Waals surface area contributed by atoms with Crippen molar-refractivity contribution >= 4 is 11.3 Å². The minimum Gasteiger partial charge on any atom is -0.395 e. The monoisotopic (exact) mass is 348 g/mol. The van der Waals surface area contributed by atoms with E-state index in [0.29, 0.717) is 6.54 Å². The first-order valence-electron chi connectivity index (χ1n) is 8.34. The van der Waals surface area contributed by atoms with Crippen LogP contribution in [-0.4, -0.2) is 77.4 Å². The van der Waals surface area contributed by atoms with Gasteiger partial charge < -0.3 is 9.84 Å². The van der Waals surface area contributed by atoms with Crippen LogP contribution in [0.1, 0.15) is 4.88 Å². The molecule has 1 aliphatic rings. The fraction of sp³-hybridized carbons (Fsp3) is 0.529. The van der Waals surface area contributed by atoms with Gasteiger partial charge in [0.25, 0.3) is 0 Å². The van der Waals surface area contributed by atoms with Gasteiger partial charge in [-0.15, -0.1) is 11.3 Å². The maximum Gasteiger partial charge on any atom is 0.142 e. The Balaban J connectivity index is 1.55. The number of ether oxygens (including phenoxy) is 1. The zero-order chi connectivity index (χ0) is 16.6. The summed E-state index contributed by atoms with van der Waals surface area (Å²) in [5, 5.41) is 10.3. The average Bonchev–Trinajstić information content (AvgIpc) is 3.10. The van der Waals surface area contributed by atoms with E-state index in [2.05, 4.69) is 19.8 Å².